The molecule has 1 N–H and O–H groups in total. The highest BCUT2D eigenvalue weighted by molar-refractivity contribution is 7.89. The lowest BCUT2D eigenvalue weighted by Gasteiger charge is -2.46. The number of fused-ring (bicyclic) bond motifs is 4. The van der Waals surface area contributed by atoms with Crippen molar-refractivity contribution in [3.8, 4) is 5.69 Å². The van der Waals surface area contributed by atoms with E-state index < -0.39 is 15.8 Å². The second-order valence-electron chi connectivity index (χ2n) is 8.69. The molecule has 1 fully saturated rings. The molecule has 31 heavy (non-hydrogen) atoms. The molecule has 1 spiro atoms. The van der Waals surface area contributed by atoms with Crippen LogP contribution in [0.1, 0.15) is 35.2 Å². The van der Waals surface area contributed by atoms with Gasteiger partial charge < -0.3 is 9.88 Å². The van der Waals surface area contributed by atoms with E-state index in [1.807, 2.05) is 0 Å². The van der Waals surface area contributed by atoms with Crippen LogP contribution in [0.4, 0.5) is 10.1 Å². The van der Waals surface area contributed by atoms with Crippen LogP contribution in [0.3, 0.4) is 0 Å². The third kappa shape index (κ3) is 3.02. The Morgan fingerprint density at radius 1 is 1.00 bits per heavy atom. The predicted octanol–water partition coefficient (Wildman–Crippen LogP) is 4.65. The fourth-order valence-electron chi connectivity index (χ4n) is 4.98. The average Bonchev–Trinajstić information content (AvgIpc) is 3.24. The molecule has 3 aromatic rings. The molecule has 0 atom stereocenters. The lowest BCUT2D eigenvalue weighted by Crippen LogP contribution is -2.51. The van der Waals surface area contributed by atoms with Crippen molar-refractivity contribution >= 4 is 15.7 Å². The zero-order valence-electron chi connectivity index (χ0n) is 17.9. The van der Waals surface area contributed by atoms with Crippen molar-refractivity contribution in [3.05, 3.63) is 76.9 Å². The number of nitrogens with one attached hydrogen (secondary N) is 1. The van der Waals surface area contributed by atoms with Crippen molar-refractivity contribution in [3.63, 3.8) is 0 Å². The van der Waals surface area contributed by atoms with Crippen molar-refractivity contribution in [1.82, 2.24) is 8.87 Å². The Kier molecular flexibility index (Phi) is 4.53. The van der Waals surface area contributed by atoms with Gasteiger partial charge in [-0.1, -0.05) is 12.1 Å². The summed E-state index contributed by atoms with van der Waals surface area (Å²) in [5, 5.41) is 3.75. The summed E-state index contributed by atoms with van der Waals surface area (Å²) in [6.45, 7) is 6.69. The smallest absolute Gasteiger partial charge is 0.243 e. The first-order chi connectivity index (χ1) is 14.7. The molecule has 1 saturated heterocycles. The maximum Gasteiger partial charge on any atom is 0.243 e. The molecule has 2 aliphatic rings. The summed E-state index contributed by atoms with van der Waals surface area (Å²) < 4.78 is 44.0. The number of aromatic nitrogens is 1. The Morgan fingerprint density at radius 3 is 2.45 bits per heavy atom. The highest BCUT2D eigenvalue weighted by atomic mass is 32.2. The Labute approximate surface area is 182 Å². The number of nitrogens with zero attached hydrogens (tertiary/aromatic N) is 2. The lowest BCUT2D eigenvalue weighted by molar-refractivity contribution is 0.247. The summed E-state index contributed by atoms with van der Waals surface area (Å²) in [5.74, 6) is -0.535. The van der Waals surface area contributed by atoms with Gasteiger partial charge in [-0.2, -0.15) is 4.31 Å². The summed E-state index contributed by atoms with van der Waals surface area (Å²) >= 11 is 0. The molecule has 0 saturated carbocycles. The molecular formula is C24H26FN3O2S. The minimum atomic E-state index is -3.75. The molecule has 0 aliphatic carbocycles. The maximum atomic E-state index is 13.8. The SMILES string of the molecule is Cc1ccc(F)cc1S(=O)(=O)N1CCC2(CC1)Nc1ccc(C)c(C)c1-n1cccc12. The van der Waals surface area contributed by atoms with Crippen molar-refractivity contribution in [2.75, 3.05) is 18.4 Å². The first-order valence-corrected chi connectivity index (χ1v) is 12.0. The predicted molar refractivity (Wildman–Crippen MR) is 120 cm³/mol. The van der Waals surface area contributed by atoms with Gasteiger partial charge >= 0.3 is 0 Å². The van der Waals surface area contributed by atoms with E-state index in [4.69, 9.17) is 0 Å². The molecule has 0 bridgehead atoms. The molecule has 1 aromatic heterocycles. The first-order valence-electron chi connectivity index (χ1n) is 10.6. The number of piperidine rings is 1. The minimum Gasteiger partial charge on any atom is -0.372 e. The lowest BCUT2D eigenvalue weighted by atomic mass is 9.82. The van der Waals surface area contributed by atoms with E-state index in [-0.39, 0.29) is 10.4 Å². The van der Waals surface area contributed by atoms with Crippen molar-refractivity contribution in [2.45, 2.75) is 44.0 Å². The summed E-state index contributed by atoms with van der Waals surface area (Å²) in [4.78, 5) is 0.0554. The maximum absolute atomic E-state index is 13.8. The van der Waals surface area contributed by atoms with Crippen molar-refractivity contribution in [2.24, 2.45) is 0 Å². The van der Waals surface area contributed by atoms with Crippen LogP contribution in [-0.4, -0.2) is 30.4 Å². The molecular weight excluding hydrogens is 413 g/mol. The minimum absolute atomic E-state index is 0.0554. The molecule has 7 heteroatoms. The Bertz CT molecular complexity index is 1290. The van der Waals surface area contributed by atoms with Crippen molar-refractivity contribution < 1.29 is 12.8 Å². The Balaban J connectivity index is 1.48. The molecule has 162 valence electrons. The summed E-state index contributed by atoms with van der Waals surface area (Å²) in [5.41, 5.74) is 6.10. The van der Waals surface area contributed by atoms with E-state index in [1.54, 1.807) is 6.92 Å². The normalized spacial score (nSPS) is 17.8. The quantitative estimate of drug-likeness (QED) is 0.633. The number of halogens is 1. The fraction of sp³-hybridized carbons (Fsp3) is 0.333. The molecule has 3 heterocycles. The van der Waals surface area contributed by atoms with Gasteiger partial charge in [0.05, 0.1) is 21.8 Å². The van der Waals surface area contributed by atoms with Crippen LogP contribution in [0.15, 0.2) is 53.6 Å². The van der Waals surface area contributed by atoms with Gasteiger partial charge in [-0.15, -0.1) is 0 Å². The van der Waals surface area contributed by atoms with Crippen LogP contribution in [-0.2, 0) is 15.6 Å². The fourth-order valence-corrected chi connectivity index (χ4v) is 6.66. The number of sulfonamides is 1. The first kappa shape index (κ1) is 20.3. The van der Waals surface area contributed by atoms with E-state index in [0.717, 1.165) is 23.1 Å². The summed E-state index contributed by atoms with van der Waals surface area (Å²) in [6, 6.07) is 12.3. The van der Waals surface area contributed by atoms with Gasteiger partial charge in [0.25, 0.3) is 0 Å². The molecule has 2 aliphatic heterocycles. The number of benzene rings is 2. The van der Waals surface area contributed by atoms with Crippen LogP contribution in [0.5, 0.6) is 0 Å². The van der Waals surface area contributed by atoms with E-state index >= 15 is 0 Å². The van der Waals surface area contributed by atoms with Crippen LogP contribution in [0, 0.1) is 26.6 Å². The van der Waals surface area contributed by atoms with Crippen molar-refractivity contribution in [1.29, 1.82) is 0 Å². The second kappa shape index (κ2) is 6.93. The average molecular weight is 440 g/mol. The number of hydrogen-bond acceptors (Lipinski definition) is 3. The van der Waals surface area contributed by atoms with Crippen LogP contribution in [0.2, 0.25) is 0 Å². The third-order valence-corrected chi connectivity index (χ3v) is 8.94. The molecule has 0 unspecified atom stereocenters. The summed E-state index contributed by atoms with van der Waals surface area (Å²) in [7, 11) is -3.75. The molecule has 2 aromatic carbocycles. The van der Waals surface area contributed by atoms with Gasteiger partial charge in [-0.3, -0.25) is 0 Å². The monoisotopic (exact) mass is 439 g/mol. The highest BCUT2D eigenvalue weighted by Gasteiger charge is 2.44. The third-order valence-electron chi connectivity index (χ3n) is 6.90. The van der Waals surface area contributed by atoms with Gasteiger partial charge in [-0.25, -0.2) is 12.8 Å². The molecule has 5 rings (SSSR count). The molecule has 0 amide bonds. The van der Waals surface area contributed by atoms with Gasteiger partial charge in [0.1, 0.15) is 5.82 Å². The van der Waals surface area contributed by atoms with E-state index in [2.05, 4.69) is 54.2 Å². The van der Waals surface area contributed by atoms with E-state index in [0.29, 0.717) is 31.5 Å². The topological polar surface area (TPSA) is 54.3 Å². The second-order valence-corrected chi connectivity index (χ2v) is 10.6. The molecule has 5 nitrogen and oxygen atoms in total. The number of anilines is 1. The zero-order chi connectivity index (χ0) is 22.0. The Morgan fingerprint density at radius 2 is 1.71 bits per heavy atom. The van der Waals surface area contributed by atoms with Gasteiger partial charge in [0.2, 0.25) is 10.0 Å². The number of hydrogen-bond donors (Lipinski definition) is 1. The highest BCUT2D eigenvalue weighted by Crippen LogP contribution is 2.45. The van der Waals surface area contributed by atoms with Crippen LogP contribution in [0.25, 0.3) is 5.69 Å². The summed E-state index contributed by atoms with van der Waals surface area (Å²) in [6.07, 6.45) is 3.36. The zero-order valence-corrected chi connectivity index (χ0v) is 18.8. The van der Waals surface area contributed by atoms with Gasteiger partial charge in [0, 0.05) is 25.0 Å². The Hall–Kier alpha value is -2.64. The van der Waals surface area contributed by atoms with Gasteiger partial charge in [0.15, 0.2) is 0 Å². The van der Waals surface area contributed by atoms with Crippen LogP contribution >= 0.6 is 0 Å². The largest absolute Gasteiger partial charge is 0.372 e. The van der Waals surface area contributed by atoms with Gasteiger partial charge in [-0.05, 0) is 80.6 Å². The van der Waals surface area contributed by atoms with E-state index in [1.165, 1.54) is 27.6 Å². The van der Waals surface area contributed by atoms with Crippen LogP contribution < -0.4 is 5.32 Å². The number of rotatable bonds is 2. The number of aryl methyl sites for hydroxylation is 2. The standard InChI is InChI=1S/C24H26FN3O2S/c1-16-7-9-20-23(18(16)3)28-12-4-5-22(28)24(26-20)10-13-27(14-11-24)31(29,30)21-15-19(25)8-6-17(21)2/h4-9,12,15,26H,10-11,13-14H2,1-3H3. The van der Waals surface area contributed by atoms with E-state index in [9.17, 15) is 12.8 Å². The molecule has 0 radical (unpaired) electrons.